The largest absolute Gasteiger partial charge is 0.416 e. The molecular formula is C20H20F7N5O. The number of nitrogens with one attached hydrogen (secondary N) is 2. The SMILES string of the molecule is NC(=O)c1cc(F)c(N[C@@H]2CCCC[C@@H]2N)nc1Nc1cc(C(F)(F)F)cc(C(F)(F)F)c1. The van der Waals surface area contributed by atoms with Crippen LogP contribution in [0.15, 0.2) is 24.3 Å². The number of anilines is 3. The molecule has 1 fully saturated rings. The quantitative estimate of drug-likeness (QED) is 0.462. The molecule has 6 N–H and O–H groups in total. The first-order valence-electron chi connectivity index (χ1n) is 9.84. The second kappa shape index (κ2) is 9.04. The van der Waals surface area contributed by atoms with Gasteiger partial charge >= 0.3 is 12.4 Å². The smallest absolute Gasteiger partial charge is 0.365 e. The van der Waals surface area contributed by atoms with E-state index >= 15 is 0 Å². The van der Waals surface area contributed by atoms with Crippen LogP contribution in [0.25, 0.3) is 0 Å². The second-order valence-corrected chi connectivity index (χ2v) is 7.70. The second-order valence-electron chi connectivity index (χ2n) is 7.70. The number of carbonyl (C=O) groups is 1. The van der Waals surface area contributed by atoms with E-state index in [1.807, 2.05) is 0 Å². The highest BCUT2D eigenvalue weighted by atomic mass is 19.4. The summed E-state index contributed by atoms with van der Waals surface area (Å²) >= 11 is 0. The molecule has 0 saturated heterocycles. The highest BCUT2D eigenvalue weighted by Gasteiger charge is 2.37. The van der Waals surface area contributed by atoms with Gasteiger partial charge in [0.1, 0.15) is 5.82 Å². The fourth-order valence-electron chi connectivity index (χ4n) is 3.55. The number of hydrogen-bond donors (Lipinski definition) is 4. The Hall–Kier alpha value is -3.09. The van der Waals surface area contributed by atoms with Gasteiger partial charge in [-0.1, -0.05) is 12.8 Å². The average molecular weight is 479 g/mol. The summed E-state index contributed by atoms with van der Waals surface area (Å²) in [4.78, 5) is 15.6. The minimum atomic E-state index is -5.08. The third-order valence-corrected chi connectivity index (χ3v) is 5.23. The molecule has 2 atom stereocenters. The van der Waals surface area contributed by atoms with Crippen LogP contribution in [0.4, 0.5) is 48.1 Å². The highest BCUT2D eigenvalue weighted by Crippen LogP contribution is 2.38. The summed E-state index contributed by atoms with van der Waals surface area (Å²) in [5, 5.41) is 5.04. The fourth-order valence-corrected chi connectivity index (χ4v) is 3.55. The van der Waals surface area contributed by atoms with Crippen molar-refractivity contribution in [3.05, 3.63) is 46.8 Å². The van der Waals surface area contributed by atoms with Crippen LogP contribution in [0.1, 0.15) is 47.2 Å². The molecular weight excluding hydrogens is 459 g/mol. The van der Waals surface area contributed by atoms with Crippen LogP contribution in [-0.4, -0.2) is 23.0 Å². The minimum absolute atomic E-state index is 0.0459. The maximum absolute atomic E-state index is 14.6. The van der Waals surface area contributed by atoms with Crippen LogP contribution in [0.5, 0.6) is 0 Å². The van der Waals surface area contributed by atoms with E-state index in [9.17, 15) is 35.5 Å². The molecule has 0 aliphatic heterocycles. The third kappa shape index (κ3) is 5.83. The van der Waals surface area contributed by atoms with Gasteiger partial charge in [-0.3, -0.25) is 4.79 Å². The van der Waals surface area contributed by atoms with Crippen LogP contribution < -0.4 is 22.1 Å². The summed E-state index contributed by atoms with van der Waals surface area (Å²) in [7, 11) is 0. The number of hydrogen-bond acceptors (Lipinski definition) is 5. The van der Waals surface area contributed by atoms with E-state index < -0.39 is 52.3 Å². The lowest BCUT2D eigenvalue weighted by molar-refractivity contribution is -0.143. The first-order valence-corrected chi connectivity index (χ1v) is 9.84. The highest BCUT2D eigenvalue weighted by molar-refractivity contribution is 5.98. The third-order valence-electron chi connectivity index (χ3n) is 5.23. The van der Waals surface area contributed by atoms with Crippen molar-refractivity contribution in [1.82, 2.24) is 4.98 Å². The number of benzene rings is 1. The van der Waals surface area contributed by atoms with Crippen molar-refractivity contribution < 1.29 is 35.5 Å². The fraction of sp³-hybridized carbons (Fsp3) is 0.400. The topological polar surface area (TPSA) is 106 Å². The van der Waals surface area contributed by atoms with Crippen molar-refractivity contribution in [2.45, 2.75) is 50.1 Å². The Labute approximate surface area is 183 Å². The van der Waals surface area contributed by atoms with Crippen molar-refractivity contribution >= 4 is 23.2 Å². The predicted octanol–water partition coefficient (Wildman–Crippen LogP) is 4.78. The van der Waals surface area contributed by atoms with Gasteiger partial charge in [0, 0.05) is 17.8 Å². The molecule has 0 bridgehead atoms. The van der Waals surface area contributed by atoms with E-state index in [1.165, 1.54) is 0 Å². The van der Waals surface area contributed by atoms with E-state index in [1.54, 1.807) is 0 Å². The monoisotopic (exact) mass is 479 g/mol. The molecule has 33 heavy (non-hydrogen) atoms. The Morgan fingerprint density at radius 3 is 2.03 bits per heavy atom. The zero-order chi connectivity index (χ0) is 24.6. The van der Waals surface area contributed by atoms with Gasteiger partial charge in [0.2, 0.25) is 0 Å². The summed E-state index contributed by atoms with van der Waals surface area (Å²) in [5.74, 6) is -3.05. The maximum atomic E-state index is 14.6. The molecule has 1 saturated carbocycles. The van der Waals surface area contributed by atoms with E-state index in [0.29, 0.717) is 31.0 Å². The van der Waals surface area contributed by atoms with Crippen molar-refractivity contribution in [3.63, 3.8) is 0 Å². The summed E-state index contributed by atoms with van der Waals surface area (Å²) in [6.45, 7) is 0. The molecule has 6 nitrogen and oxygen atoms in total. The molecule has 1 aliphatic carbocycles. The normalized spacial score (nSPS) is 19.3. The first-order chi connectivity index (χ1) is 15.3. The van der Waals surface area contributed by atoms with Gasteiger partial charge < -0.3 is 22.1 Å². The molecule has 0 spiro atoms. The summed E-state index contributed by atoms with van der Waals surface area (Å²) in [6, 6.07) is 0.802. The standard InChI is InChI=1S/C20H20F7N5O/c21-13-8-12(16(29)33)17(32-18(13)31-15-4-2-1-3-14(15)28)30-11-6-9(19(22,23)24)5-10(7-11)20(25,26)27/h5-8,14-15H,1-4,28H2,(H2,29,33)(H2,30,31,32)/t14-,15+/m0/s1. The number of amides is 1. The molecule has 1 aliphatic rings. The van der Waals surface area contributed by atoms with Gasteiger partial charge in [-0.05, 0) is 37.1 Å². The molecule has 1 heterocycles. The van der Waals surface area contributed by atoms with Crippen molar-refractivity contribution in [3.8, 4) is 0 Å². The Bertz CT molecular complexity index is 1010. The van der Waals surface area contributed by atoms with Gasteiger partial charge in [0.15, 0.2) is 11.6 Å². The molecule has 1 amide bonds. The number of nitrogens with zero attached hydrogens (tertiary/aromatic N) is 1. The lowest BCUT2D eigenvalue weighted by Crippen LogP contribution is -2.43. The molecule has 13 heteroatoms. The zero-order valence-corrected chi connectivity index (χ0v) is 16.9. The zero-order valence-electron chi connectivity index (χ0n) is 16.9. The maximum Gasteiger partial charge on any atom is 0.416 e. The van der Waals surface area contributed by atoms with E-state index in [0.717, 1.165) is 12.8 Å². The molecule has 0 unspecified atom stereocenters. The summed E-state index contributed by atoms with van der Waals surface area (Å²) < 4.78 is 93.4. The number of rotatable bonds is 5. The molecule has 2 aromatic rings. The van der Waals surface area contributed by atoms with Crippen LogP contribution >= 0.6 is 0 Å². The molecule has 1 aromatic heterocycles. The average Bonchev–Trinajstić information content (AvgIpc) is 2.70. The van der Waals surface area contributed by atoms with Crippen molar-refractivity contribution in [2.24, 2.45) is 11.5 Å². The Morgan fingerprint density at radius 1 is 0.939 bits per heavy atom. The van der Waals surface area contributed by atoms with Gasteiger partial charge in [0.25, 0.3) is 5.91 Å². The minimum Gasteiger partial charge on any atom is -0.365 e. The lowest BCUT2D eigenvalue weighted by atomic mass is 9.91. The number of nitrogens with two attached hydrogens (primary N) is 2. The Kier molecular flexibility index (Phi) is 6.73. The number of primary amides is 1. The van der Waals surface area contributed by atoms with Crippen LogP contribution in [0.2, 0.25) is 0 Å². The van der Waals surface area contributed by atoms with E-state index in [-0.39, 0.29) is 24.0 Å². The van der Waals surface area contributed by atoms with E-state index in [4.69, 9.17) is 11.5 Å². The first kappa shape index (κ1) is 24.6. The number of alkyl halides is 6. The number of pyridine rings is 1. The Balaban J connectivity index is 2.04. The number of carbonyl (C=O) groups excluding carboxylic acids is 1. The predicted molar refractivity (Wildman–Crippen MR) is 106 cm³/mol. The van der Waals surface area contributed by atoms with Crippen LogP contribution in [0.3, 0.4) is 0 Å². The van der Waals surface area contributed by atoms with Crippen LogP contribution in [0, 0.1) is 5.82 Å². The van der Waals surface area contributed by atoms with Gasteiger partial charge in [-0.15, -0.1) is 0 Å². The summed E-state index contributed by atoms with van der Waals surface area (Å²) in [6.07, 6.45) is -7.17. The van der Waals surface area contributed by atoms with Gasteiger partial charge in [0.05, 0.1) is 16.7 Å². The molecule has 1 aromatic carbocycles. The van der Waals surface area contributed by atoms with Crippen molar-refractivity contribution in [2.75, 3.05) is 10.6 Å². The molecule has 180 valence electrons. The van der Waals surface area contributed by atoms with Crippen molar-refractivity contribution in [1.29, 1.82) is 0 Å². The van der Waals surface area contributed by atoms with Gasteiger partial charge in [-0.2, -0.15) is 26.3 Å². The molecule has 0 radical (unpaired) electrons. The summed E-state index contributed by atoms with van der Waals surface area (Å²) in [5.41, 5.74) is 6.85. The van der Waals surface area contributed by atoms with Crippen LogP contribution in [-0.2, 0) is 12.4 Å². The Morgan fingerprint density at radius 2 is 1.52 bits per heavy atom. The van der Waals surface area contributed by atoms with E-state index in [2.05, 4.69) is 15.6 Å². The number of aromatic nitrogens is 1. The van der Waals surface area contributed by atoms with Gasteiger partial charge in [-0.25, -0.2) is 9.37 Å². The lowest BCUT2D eigenvalue weighted by Gasteiger charge is -2.30. The molecule has 3 rings (SSSR count). The number of halogens is 7.